The maximum atomic E-state index is 13.3. The maximum absolute atomic E-state index is 13.3. The lowest BCUT2D eigenvalue weighted by molar-refractivity contribution is 0.408. The van der Waals surface area contributed by atoms with Crippen molar-refractivity contribution in [2.75, 3.05) is 18.8 Å². The number of sulfone groups is 3. The van der Waals surface area contributed by atoms with Crippen LogP contribution in [0.15, 0.2) is 0 Å². The molecule has 0 saturated heterocycles. The van der Waals surface area contributed by atoms with Crippen molar-refractivity contribution >= 4 is 43.7 Å². The average Bonchev–Trinajstić information content (AvgIpc) is 2.81. The highest BCUT2D eigenvalue weighted by atomic mass is 32.2. The predicted molar refractivity (Wildman–Crippen MR) is 176 cm³/mol. The highest BCUT2D eigenvalue weighted by Crippen LogP contribution is 2.36. The average molecular weight is 643 g/mol. The molecule has 0 saturated carbocycles. The van der Waals surface area contributed by atoms with Crippen molar-refractivity contribution in [1.29, 1.82) is 0 Å². The van der Waals surface area contributed by atoms with E-state index >= 15 is 0 Å². The molecule has 0 fully saturated rings. The fourth-order valence-electron chi connectivity index (χ4n) is 7.20. The summed E-state index contributed by atoms with van der Waals surface area (Å²) in [7, 11) is -10.2. The SMILES string of the molecule is CCCC(CCC)C([CH2][Al]([CH2]C(C(CCC)CCC)S(C)(=O)=O)[CH2]C(C(CCC)CCC)S(C)(=O)=O)S(C)(=O)=O. The minimum atomic E-state index is -3.39. The largest absolute Gasteiger partial charge is 0.266 e. The standard InChI is InChI=1S/3C10H21O2S.Al/c3*1-5-7-10(8-6-2)9(3)13(4,11)12;/h3*9-10H,3,5-8H2,1-2,4H3;. The van der Waals surface area contributed by atoms with Crippen molar-refractivity contribution in [1.82, 2.24) is 0 Å². The molecule has 0 aliphatic carbocycles. The van der Waals surface area contributed by atoms with Crippen LogP contribution >= 0.6 is 0 Å². The third kappa shape index (κ3) is 14.7. The van der Waals surface area contributed by atoms with Crippen LogP contribution in [0.25, 0.3) is 0 Å². The van der Waals surface area contributed by atoms with Crippen molar-refractivity contribution in [2.45, 2.75) is 150 Å². The minimum Gasteiger partial charge on any atom is -0.229 e. The van der Waals surface area contributed by atoms with E-state index in [1.807, 2.05) is 0 Å². The first-order valence-electron chi connectivity index (χ1n) is 16.1. The van der Waals surface area contributed by atoms with E-state index in [9.17, 15) is 25.3 Å². The van der Waals surface area contributed by atoms with Gasteiger partial charge in [-0.1, -0.05) is 95.9 Å². The van der Waals surface area contributed by atoms with Crippen LogP contribution in [0.3, 0.4) is 0 Å². The number of hydrogen-bond acceptors (Lipinski definition) is 6. The molecule has 0 N–H and O–H groups in total. The van der Waals surface area contributed by atoms with Crippen LogP contribution in [-0.2, 0) is 29.5 Å². The molecule has 10 heteroatoms. The molecule has 0 rings (SSSR count). The Labute approximate surface area is 254 Å². The molecule has 40 heavy (non-hydrogen) atoms. The molecule has 0 aromatic carbocycles. The second kappa shape index (κ2) is 19.6. The minimum absolute atomic E-state index is 0.0255. The molecule has 240 valence electrons. The summed E-state index contributed by atoms with van der Waals surface area (Å²) in [6, 6.07) is 0. The summed E-state index contributed by atoms with van der Waals surface area (Å²) in [4.78, 5) is 0. The van der Waals surface area contributed by atoms with Crippen LogP contribution in [0, 0.1) is 17.8 Å². The van der Waals surface area contributed by atoms with E-state index in [4.69, 9.17) is 0 Å². The Balaban J connectivity index is 6.96. The quantitative estimate of drug-likeness (QED) is 0.102. The topological polar surface area (TPSA) is 102 Å². The second-order valence-electron chi connectivity index (χ2n) is 12.7. The summed E-state index contributed by atoms with van der Waals surface area (Å²) in [5.41, 5.74) is 0. The van der Waals surface area contributed by atoms with Gasteiger partial charge in [0.15, 0.2) is 0 Å². The third-order valence-corrected chi connectivity index (χ3v) is 18.5. The van der Waals surface area contributed by atoms with Crippen molar-refractivity contribution in [3.05, 3.63) is 0 Å². The van der Waals surface area contributed by atoms with Gasteiger partial charge in [-0.3, -0.25) is 0 Å². The van der Waals surface area contributed by atoms with Gasteiger partial charge in [-0.15, -0.1) is 0 Å². The molecule has 3 unspecified atom stereocenters. The second-order valence-corrected chi connectivity index (χ2v) is 22.6. The molecule has 0 radical (unpaired) electrons. The van der Waals surface area contributed by atoms with Gasteiger partial charge in [-0.2, -0.15) is 0 Å². The predicted octanol–water partition coefficient (Wildman–Crippen LogP) is 7.37. The van der Waals surface area contributed by atoms with Crippen molar-refractivity contribution < 1.29 is 25.3 Å². The van der Waals surface area contributed by atoms with Crippen LogP contribution in [0.5, 0.6) is 0 Å². The van der Waals surface area contributed by atoms with Gasteiger partial charge in [-0.25, -0.2) is 25.3 Å². The first kappa shape index (κ1) is 40.4. The van der Waals surface area contributed by atoms with Gasteiger partial charge in [-0.05, 0) is 56.3 Å². The van der Waals surface area contributed by atoms with Crippen LogP contribution in [0.1, 0.15) is 119 Å². The third-order valence-electron chi connectivity index (χ3n) is 8.88. The Kier molecular flexibility index (Phi) is 19.8. The zero-order valence-corrected chi connectivity index (χ0v) is 30.9. The van der Waals surface area contributed by atoms with Gasteiger partial charge in [0.1, 0.15) is 29.5 Å². The molecule has 0 aliphatic rings. The van der Waals surface area contributed by atoms with Crippen molar-refractivity contribution in [3.8, 4) is 0 Å². The normalized spacial score (nSPS) is 15.6. The summed E-state index contributed by atoms with van der Waals surface area (Å²) < 4.78 is 79.7. The Bertz CT molecular complexity index is 848. The molecule has 0 bridgehead atoms. The molecule has 3 atom stereocenters. The Morgan fingerprint density at radius 1 is 0.400 bits per heavy atom. The van der Waals surface area contributed by atoms with Crippen molar-refractivity contribution in [2.24, 2.45) is 17.8 Å². The summed E-state index contributed by atoms with van der Waals surface area (Å²) in [6.45, 7) is 12.5. The fraction of sp³-hybridized carbons (Fsp3) is 1.00. The van der Waals surface area contributed by atoms with E-state index < -0.39 is 59.4 Å². The van der Waals surface area contributed by atoms with Crippen molar-refractivity contribution in [3.63, 3.8) is 0 Å². The Morgan fingerprint density at radius 3 is 0.700 bits per heavy atom. The van der Waals surface area contributed by atoms with Crippen LogP contribution < -0.4 is 0 Å². The molecular formula is C30H63AlO6S3. The van der Waals surface area contributed by atoms with Gasteiger partial charge in [0.05, 0.1) is 15.7 Å². The van der Waals surface area contributed by atoms with E-state index in [0.29, 0.717) is 15.8 Å². The van der Waals surface area contributed by atoms with Crippen LogP contribution in [0.2, 0.25) is 15.8 Å². The van der Waals surface area contributed by atoms with Gasteiger partial charge in [0.25, 0.3) is 14.1 Å². The molecule has 0 heterocycles. The van der Waals surface area contributed by atoms with Crippen LogP contribution in [0.4, 0.5) is 0 Å². The van der Waals surface area contributed by atoms with E-state index in [1.54, 1.807) is 0 Å². The highest BCUT2D eigenvalue weighted by molar-refractivity contribution is 7.92. The molecule has 0 amide bonds. The Hall–Kier alpha value is 0.382. The van der Waals surface area contributed by atoms with E-state index in [1.165, 1.54) is 18.8 Å². The molecule has 0 aromatic rings. The van der Waals surface area contributed by atoms with E-state index in [2.05, 4.69) is 41.5 Å². The molecule has 0 aromatic heterocycles. The number of rotatable bonds is 24. The summed E-state index contributed by atoms with van der Waals surface area (Å²) >= 11 is -2.16. The van der Waals surface area contributed by atoms with E-state index in [-0.39, 0.29) is 17.8 Å². The molecular weight excluding hydrogens is 580 g/mol. The Morgan fingerprint density at radius 2 is 0.575 bits per heavy atom. The first-order valence-corrected chi connectivity index (χ1v) is 24.4. The lowest BCUT2D eigenvalue weighted by atomic mass is 9.95. The molecule has 0 spiro atoms. The highest BCUT2D eigenvalue weighted by Gasteiger charge is 2.42. The lowest BCUT2D eigenvalue weighted by Crippen LogP contribution is -2.42. The first-order chi connectivity index (χ1) is 18.5. The van der Waals surface area contributed by atoms with Gasteiger partial charge in [0.2, 0.25) is 0 Å². The van der Waals surface area contributed by atoms with Gasteiger partial charge in [0, 0.05) is 18.8 Å². The zero-order valence-electron chi connectivity index (χ0n) is 27.3. The number of hydrogen-bond donors (Lipinski definition) is 0. The van der Waals surface area contributed by atoms with Gasteiger partial charge >= 0.3 is 0 Å². The molecule has 0 aliphatic heterocycles. The maximum Gasteiger partial charge on any atom is 0.266 e. The van der Waals surface area contributed by atoms with Crippen LogP contribution in [-0.4, -0.2) is 73.9 Å². The smallest absolute Gasteiger partial charge is 0.229 e. The summed E-state index contributed by atoms with van der Waals surface area (Å²) in [5, 5.41) is -0.185. The summed E-state index contributed by atoms with van der Waals surface area (Å²) in [5.74, 6) is 0.0765. The zero-order chi connectivity index (χ0) is 31.1. The monoisotopic (exact) mass is 642 g/mol. The summed E-state index contributed by atoms with van der Waals surface area (Å²) in [6.07, 6.45) is 14.3. The molecule has 6 nitrogen and oxygen atoms in total. The fourth-order valence-corrected chi connectivity index (χ4v) is 20.5. The lowest BCUT2D eigenvalue weighted by Gasteiger charge is -2.34. The van der Waals surface area contributed by atoms with E-state index in [0.717, 1.165) is 77.0 Å². The van der Waals surface area contributed by atoms with Gasteiger partial charge < -0.3 is 0 Å².